The van der Waals surface area contributed by atoms with Crippen LogP contribution in [0.2, 0.25) is 0 Å². The number of amides is 1. The van der Waals surface area contributed by atoms with E-state index >= 15 is 0 Å². The molecule has 1 aliphatic rings. The van der Waals surface area contributed by atoms with Crippen LogP contribution in [0, 0.1) is 6.92 Å². The average Bonchev–Trinajstić information content (AvgIpc) is 3.13. The molecule has 0 spiro atoms. The first kappa shape index (κ1) is 22.9. The molecule has 174 valence electrons. The van der Waals surface area contributed by atoms with Crippen LogP contribution in [-0.2, 0) is 9.59 Å². The van der Waals surface area contributed by atoms with Gasteiger partial charge in [0.2, 0.25) is 0 Å². The fraction of sp³-hybridized carbons (Fsp3) is 0.185. The van der Waals surface area contributed by atoms with Crippen LogP contribution < -0.4 is 19.1 Å². The van der Waals surface area contributed by atoms with Crippen LogP contribution in [-0.4, -0.2) is 38.1 Å². The molecule has 1 aliphatic heterocycles. The van der Waals surface area contributed by atoms with Crippen LogP contribution in [0.25, 0.3) is 5.76 Å². The number of carbonyl (C=O) groups excluding carboxylic acids is 2. The maximum atomic E-state index is 13.3. The van der Waals surface area contributed by atoms with Gasteiger partial charge in [-0.3, -0.25) is 14.5 Å². The van der Waals surface area contributed by atoms with Crippen molar-refractivity contribution in [3.05, 3.63) is 89.0 Å². The lowest BCUT2D eigenvalue weighted by atomic mass is 9.94. The van der Waals surface area contributed by atoms with Crippen molar-refractivity contribution in [2.24, 2.45) is 0 Å². The summed E-state index contributed by atoms with van der Waals surface area (Å²) in [6.07, 6.45) is 0. The summed E-state index contributed by atoms with van der Waals surface area (Å²) in [5.74, 6) is -0.488. The van der Waals surface area contributed by atoms with Crippen LogP contribution in [0.1, 0.15) is 22.7 Å². The van der Waals surface area contributed by atoms with E-state index in [9.17, 15) is 14.7 Å². The molecule has 3 aromatic rings. The Kier molecular flexibility index (Phi) is 6.27. The van der Waals surface area contributed by atoms with Gasteiger partial charge in [-0.25, -0.2) is 0 Å². The van der Waals surface area contributed by atoms with Crippen LogP contribution in [0.15, 0.2) is 72.3 Å². The van der Waals surface area contributed by atoms with Crippen molar-refractivity contribution >= 4 is 23.1 Å². The minimum absolute atomic E-state index is 0.0387. The quantitative estimate of drug-likeness (QED) is 0.328. The standard InChI is InChI=1S/C27H25NO6/c1-16-8-7-9-18(14-16)28-24(19-10-5-6-11-20(19)32-2)23(26(30)27(28)31)25(29)17-12-13-21(33-3)22(15-17)34-4/h5-15,24,29H,1-4H3/b25-23+. The number of hydrogen-bond donors (Lipinski definition) is 1. The zero-order valence-electron chi connectivity index (χ0n) is 19.4. The molecule has 1 heterocycles. The number of rotatable bonds is 6. The highest BCUT2D eigenvalue weighted by Gasteiger charge is 2.48. The van der Waals surface area contributed by atoms with Crippen molar-refractivity contribution in [1.82, 2.24) is 0 Å². The number of anilines is 1. The van der Waals surface area contributed by atoms with Crippen LogP contribution >= 0.6 is 0 Å². The number of methoxy groups -OCH3 is 3. The highest BCUT2D eigenvalue weighted by atomic mass is 16.5. The normalized spacial score (nSPS) is 17.1. The van der Waals surface area contributed by atoms with Gasteiger partial charge in [0.25, 0.3) is 11.7 Å². The van der Waals surface area contributed by atoms with Gasteiger partial charge in [0, 0.05) is 16.8 Å². The van der Waals surface area contributed by atoms with Gasteiger partial charge in [-0.15, -0.1) is 0 Å². The Morgan fingerprint density at radius 1 is 0.824 bits per heavy atom. The molecule has 0 bridgehead atoms. The fourth-order valence-electron chi connectivity index (χ4n) is 4.20. The summed E-state index contributed by atoms with van der Waals surface area (Å²) < 4.78 is 16.2. The number of Topliss-reactive ketones (excluding diaryl/α,β-unsaturated/α-hetero) is 1. The Morgan fingerprint density at radius 2 is 1.53 bits per heavy atom. The van der Waals surface area contributed by atoms with E-state index in [-0.39, 0.29) is 11.3 Å². The van der Waals surface area contributed by atoms with Gasteiger partial charge in [0.1, 0.15) is 11.5 Å². The van der Waals surface area contributed by atoms with Gasteiger partial charge in [0.05, 0.1) is 32.9 Å². The van der Waals surface area contributed by atoms with Gasteiger partial charge in [-0.2, -0.15) is 0 Å². The van der Waals surface area contributed by atoms with Gasteiger partial charge in [-0.05, 0) is 48.9 Å². The summed E-state index contributed by atoms with van der Waals surface area (Å²) in [7, 11) is 4.51. The van der Waals surface area contributed by atoms with E-state index in [0.29, 0.717) is 34.1 Å². The molecule has 34 heavy (non-hydrogen) atoms. The Balaban J connectivity index is 1.98. The third-order valence-electron chi connectivity index (χ3n) is 5.81. The lowest BCUT2D eigenvalue weighted by molar-refractivity contribution is -0.132. The van der Waals surface area contributed by atoms with Gasteiger partial charge >= 0.3 is 0 Å². The highest BCUT2D eigenvalue weighted by Crippen LogP contribution is 2.45. The van der Waals surface area contributed by atoms with E-state index in [1.807, 2.05) is 25.1 Å². The van der Waals surface area contributed by atoms with Crippen molar-refractivity contribution in [3.8, 4) is 17.2 Å². The second kappa shape index (κ2) is 9.31. The molecule has 1 fully saturated rings. The molecule has 0 aromatic heterocycles. The third-order valence-corrected chi connectivity index (χ3v) is 5.81. The Morgan fingerprint density at radius 3 is 2.21 bits per heavy atom. The summed E-state index contributed by atoms with van der Waals surface area (Å²) in [5.41, 5.74) is 2.33. The second-order valence-corrected chi connectivity index (χ2v) is 7.82. The summed E-state index contributed by atoms with van der Waals surface area (Å²) in [6.45, 7) is 1.90. The molecule has 7 heteroatoms. The van der Waals surface area contributed by atoms with Crippen molar-refractivity contribution in [1.29, 1.82) is 0 Å². The summed E-state index contributed by atoms with van der Waals surface area (Å²) in [5, 5.41) is 11.3. The van der Waals surface area contributed by atoms with Crippen molar-refractivity contribution in [3.63, 3.8) is 0 Å². The van der Waals surface area contributed by atoms with E-state index in [4.69, 9.17) is 14.2 Å². The molecule has 1 saturated heterocycles. The molecule has 4 rings (SSSR count). The number of aryl methyl sites for hydroxylation is 1. The Labute approximate surface area is 197 Å². The molecular weight excluding hydrogens is 434 g/mol. The molecular formula is C27H25NO6. The first-order valence-electron chi connectivity index (χ1n) is 10.6. The van der Waals surface area contributed by atoms with Crippen molar-refractivity contribution in [2.45, 2.75) is 13.0 Å². The van der Waals surface area contributed by atoms with Crippen LogP contribution in [0.4, 0.5) is 5.69 Å². The molecule has 1 atom stereocenters. The maximum absolute atomic E-state index is 13.3. The van der Waals surface area contributed by atoms with E-state index < -0.39 is 17.7 Å². The first-order valence-corrected chi connectivity index (χ1v) is 10.6. The number of ether oxygens (including phenoxy) is 3. The van der Waals surface area contributed by atoms with Crippen molar-refractivity contribution in [2.75, 3.05) is 26.2 Å². The predicted molar refractivity (Wildman–Crippen MR) is 129 cm³/mol. The molecule has 1 unspecified atom stereocenters. The monoisotopic (exact) mass is 459 g/mol. The summed E-state index contributed by atoms with van der Waals surface area (Å²) >= 11 is 0. The number of hydrogen-bond acceptors (Lipinski definition) is 6. The number of aliphatic hydroxyl groups is 1. The van der Waals surface area contributed by atoms with Crippen LogP contribution in [0.5, 0.6) is 17.2 Å². The fourth-order valence-corrected chi connectivity index (χ4v) is 4.20. The lowest BCUT2D eigenvalue weighted by Gasteiger charge is -2.27. The van der Waals surface area contributed by atoms with Crippen LogP contribution in [0.3, 0.4) is 0 Å². The smallest absolute Gasteiger partial charge is 0.300 e. The topological polar surface area (TPSA) is 85.3 Å². The zero-order valence-corrected chi connectivity index (χ0v) is 19.4. The molecule has 0 saturated carbocycles. The molecule has 0 aliphatic carbocycles. The summed E-state index contributed by atoms with van der Waals surface area (Å²) in [4.78, 5) is 28.1. The molecule has 1 amide bonds. The number of benzene rings is 3. The number of aliphatic hydroxyl groups excluding tert-OH is 1. The van der Waals surface area contributed by atoms with Crippen molar-refractivity contribution < 1.29 is 28.9 Å². The summed E-state index contributed by atoms with van der Waals surface area (Å²) in [6, 6.07) is 18.3. The predicted octanol–water partition coefficient (Wildman–Crippen LogP) is 4.65. The second-order valence-electron chi connectivity index (χ2n) is 7.82. The molecule has 1 N–H and O–H groups in total. The van der Waals surface area contributed by atoms with E-state index in [1.165, 1.54) is 26.2 Å². The van der Waals surface area contributed by atoms with E-state index in [0.717, 1.165) is 5.56 Å². The van der Waals surface area contributed by atoms with E-state index in [2.05, 4.69) is 0 Å². The number of nitrogens with zero attached hydrogens (tertiary/aromatic N) is 1. The molecule has 0 radical (unpaired) electrons. The minimum Gasteiger partial charge on any atom is -0.507 e. The molecule has 7 nitrogen and oxygen atoms in total. The van der Waals surface area contributed by atoms with Gasteiger partial charge < -0.3 is 19.3 Å². The maximum Gasteiger partial charge on any atom is 0.300 e. The van der Waals surface area contributed by atoms with Gasteiger partial charge in [0.15, 0.2) is 11.5 Å². The zero-order chi connectivity index (χ0) is 24.4. The Hall–Kier alpha value is -4.26. The average molecular weight is 459 g/mol. The lowest BCUT2D eigenvalue weighted by Crippen LogP contribution is -2.29. The van der Waals surface area contributed by atoms with E-state index in [1.54, 1.807) is 48.5 Å². The Bertz CT molecular complexity index is 1300. The molecule has 3 aromatic carbocycles. The minimum atomic E-state index is -0.897. The first-order chi connectivity index (χ1) is 16.4. The number of ketones is 1. The third kappa shape index (κ3) is 3.85. The van der Waals surface area contributed by atoms with Gasteiger partial charge in [-0.1, -0.05) is 30.3 Å². The highest BCUT2D eigenvalue weighted by molar-refractivity contribution is 6.51. The number of carbonyl (C=O) groups is 2. The largest absolute Gasteiger partial charge is 0.507 e. The SMILES string of the molecule is COc1ccc(/C(O)=C2\C(=O)C(=O)N(c3cccc(C)c3)C2c2ccccc2OC)cc1OC. The number of para-hydroxylation sites is 1.